The zero-order valence-corrected chi connectivity index (χ0v) is 17.8. The monoisotopic (exact) mass is 428 g/mol. The number of fused-ring (bicyclic) bond motifs is 1. The molecule has 3 nitrogen and oxygen atoms in total. The fourth-order valence-corrected chi connectivity index (χ4v) is 4.55. The smallest absolute Gasteiger partial charge is 0.263 e. The van der Waals surface area contributed by atoms with Crippen molar-refractivity contribution in [1.82, 2.24) is 9.55 Å². The van der Waals surface area contributed by atoms with Crippen LogP contribution in [0.2, 0.25) is 10.0 Å². The average Bonchev–Trinajstić information content (AvgIpc) is 3.11. The molecule has 0 atom stereocenters. The van der Waals surface area contributed by atoms with E-state index in [4.69, 9.17) is 23.2 Å². The van der Waals surface area contributed by atoms with Crippen LogP contribution >= 0.6 is 34.5 Å². The molecule has 0 saturated heterocycles. The maximum atomic E-state index is 13.2. The summed E-state index contributed by atoms with van der Waals surface area (Å²) in [5, 5.41) is 3.76. The normalized spacial score (nSPS) is 11.5. The van der Waals surface area contributed by atoms with Crippen molar-refractivity contribution in [1.29, 1.82) is 0 Å². The van der Waals surface area contributed by atoms with Gasteiger partial charge in [-0.05, 0) is 34.7 Å². The van der Waals surface area contributed by atoms with Crippen molar-refractivity contribution in [3.8, 4) is 11.1 Å². The number of halogens is 2. The summed E-state index contributed by atoms with van der Waals surface area (Å²) >= 11 is 13.7. The van der Waals surface area contributed by atoms with Crippen LogP contribution in [0.3, 0.4) is 0 Å². The molecule has 0 saturated carbocycles. The van der Waals surface area contributed by atoms with Crippen molar-refractivity contribution in [2.75, 3.05) is 0 Å². The summed E-state index contributed by atoms with van der Waals surface area (Å²) in [6.45, 7) is 4.68. The Morgan fingerprint density at radius 3 is 2.54 bits per heavy atom. The van der Waals surface area contributed by atoms with Gasteiger partial charge in [0.1, 0.15) is 4.83 Å². The molecule has 0 bridgehead atoms. The van der Waals surface area contributed by atoms with Gasteiger partial charge < -0.3 is 0 Å². The van der Waals surface area contributed by atoms with Gasteiger partial charge in [-0.1, -0.05) is 67.4 Å². The third kappa shape index (κ3) is 3.60. The molecule has 0 radical (unpaired) electrons. The maximum absolute atomic E-state index is 13.2. The summed E-state index contributed by atoms with van der Waals surface area (Å²) in [6, 6.07) is 13.7. The molecule has 2 aromatic heterocycles. The van der Waals surface area contributed by atoms with Gasteiger partial charge >= 0.3 is 0 Å². The van der Waals surface area contributed by atoms with E-state index in [2.05, 4.69) is 43.1 Å². The van der Waals surface area contributed by atoms with Gasteiger partial charge in [0, 0.05) is 21.0 Å². The van der Waals surface area contributed by atoms with Crippen LogP contribution < -0.4 is 5.56 Å². The molecule has 6 heteroatoms. The van der Waals surface area contributed by atoms with Crippen molar-refractivity contribution >= 4 is 44.8 Å². The first-order valence-electron chi connectivity index (χ1n) is 8.95. The van der Waals surface area contributed by atoms with Crippen LogP contribution in [0.1, 0.15) is 30.9 Å². The Balaban J connectivity index is 1.78. The second-order valence-corrected chi connectivity index (χ2v) is 8.72. The Bertz CT molecular complexity index is 1210. The van der Waals surface area contributed by atoms with E-state index in [-0.39, 0.29) is 5.56 Å². The molecule has 0 fully saturated rings. The highest BCUT2D eigenvalue weighted by Crippen LogP contribution is 2.31. The molecule has 0 aliphatic rings. The predicted octanol–water partition coefficient (Wildman–Crippen LogP) is 6.60. The van der Waals surface area contributed by atoms with Crippen molar-refractivity contribution in [3.05, 3.63) is 85.7 Å². The van der Waals surface area contributed by atoms with Gasteiger partial charge in [0.25, 0.3) is 5.56 Å². The van der Waals surface area contributed by atoms with E-state index < -0.39 is 0 Å². The average molecular weight is 429 g/mol. The lowest BCUT2D eigenvalue weighted by molar-refractivity contribution is 0.750. The zero-order chi connectivity index (χ0) is 19.8. The minimum atomic E-state index is -0.0693. The van der Waals surface area contributed by atoms with E-state index in [9.17, 15) is 4.79 Å². The maximum Gasteiger partial charge on any atom is 0.263 e. The number of aromatic nitrogens is 2. The first-order valence-corrected chi connectivity index (χ1v) is 10.6. The lowest BCUT2D eigenvalue weighted by Crippen LogP contribution is -2.21. The first-order chi connectivity index (χ1) is 13.4. The first kappa shape index (κ1) is 19.2. The van der Waals surface area contributed by atoms with Gasteiger partial charge in [-0.2, -0.15) is 0 Å². The van der Waals surface area contributed by atoms with E-state index in [0.717, 1.165) is 21.5 Å². The van der Waals surface area contributed by atoms with Crippen LogP contribution in [0.25, 0.3) is 21.3 Å². The van der Waals surface area contributed by atoms with Crippen LogP contribution in [-0.4, -0.2) is 9.55 Å². The second-order valence-electron chi connectivity index (χ2n) is 7.02. The van der Waals surface area contributed by atoms with E-state index in [0.29, 0.717) is 27.9 Å². The van der Waals surface area contributed by atoms with Gasteiger partial charge in [-0.25, -0.2) is 4.98 Å². The van der Waals surface area contributed by atoms with Gasteiger partial charge in [-0.15, -0.1) is 11.3 Å². The van der Waals surface area contributed by atoms with Crippen molar-refractivity contribution in [2.45, 2.75) is 26.3 Å². The Morgan fingerprint density at radius 1 is 1.11 bits per heavy atom. The number of thiophene rings is 1. The minimum absolute atomic E-state index is 0.0693. The highest BCUT2D eigenvalue weighted by molar-refractivity contribution is 7.17. The third-order valence-corrected chi connectivity index (χ3v) is 6.28. The second kappa shape index (κ2) is 7.70. The molecular weight excluding hydrogens is 411 g/mol. The van der Waals surface area contributed by atoms with Crippen molar-refractivity contribution < 1.29 is 0 Å². The van der Waals surface area contributed by atoms with E-state index >= 15 is 0 Å². The molecule has 4 aromatic rings. The molecule has 0 unspecified atom stereocenters. The standard InChI is InChI=1S/C22H18Cl2N2OS/c1-13(2)14-3-5-15(6-4-14)18-11-28-21-20(18)22(27)26(12-25-21)10-16-7-8-17(23)9-19(16)24/h3-9,11-13H,10H2,1-2H3. The van der Waals surface area contributed by atoms with Crippen LogP contribution in [-0.2, 0) is 6.54 Å². The highest BCUT2D eigenvalue weighted by Gasteiger charge is 2.14. The molecule has 0 aliphatic carbocycles. The lowest BCUT2D eigenvalue weighted by Gasteiger charge is -2.09. The van der Waals surface area contributed by atoms with Gasteiger partial charge in [0.15, 0.2) is 0 Å². The Labute approximate surface area is 177 Å². The molecule has 28 heavy (non-hydrogen) atoms. The molecule has 0 amide bonds. The molecule has 0 aliphatic heterocycles. The van der Waals surface area contributed by atoms with Gasteiger partial charge in [0.2, 0.25) is 0 Å². The predicted molar refractivity (Wildman–Crippen MR) is 119 cm³/mol. The molecule has 0 spiro atoms. The lowest BCUT2D eigenvalue weighted by atomic mass is 9.99. The topological polar surface area (TPSA) is 34.9 Å². The molecule has 4 rings (SSSR count). The minimum Gasteiger partial charge on any atom is -0.294 e. The van der Waals surface area contributed by atoms with Crippen LogP contribution in [0.15, 0.2) is 59.0 Å². The number of hydrogen-bond acceptors (Lipinski definition) is 3. The molecular formula is C22H18Cl2N2OS. The number of hydrogen-bond donors (Lipinski definition) is 0. The summed E-state index contributed by atoms with van der Waals surface area (Å²) in [5.41, 5.74) is 3.98. The van der Waals surface area contributed by atoms with Crippen LogP contribution in [0.5, 0.6) is 0 Å². The number of nitrogens with zero attached hydrogens (tertiary/aromatic N) is 2. The number of benzene rings is 2. The number of rotatable bonds is 4. The van der Waals surface area contributed by atoms with E-state index in [1.165, 1.54) is 16.9 Å². The van der Waals surface area contributed by atoms with E-state index in [1.54, 1.807) is 23.0 Å². The Morgan fingerprint density at radius 2 is 1.86 bits per heavy atom. The van der Waals surface area contributed by atoms with Gasteiger partial charge in [0.05, 0.1) is 18.3 Å². The molecule has 2 aromatic carbocycles. The van der Waals surface area contributed by atoms with E-state index in [1.807, 2.05) is 11.4 Å². The zero-order valence-electron chi connectivity index (χ0n) is 15.4. The molecule has 0 N–H and O–H groups in total. The fourth-order valence-electron chi connectivity index (χ4n) is 3.17. The summed E-state index contributed by atoms with van der Waals surface area (Å²) in [5.74, 6) is 0.469. The Kier molecular flexibility index (Phi) is 5.28. The van der Waals surface area contributed by atoms with Crippen LogP contribution in [0, 0.1) is 0 Å². The van der Waals surface area contributed by atoms with Crippen LogP contribution in [0.4, 0.5) is 0 Å². The Hall–Kier alpha value is -2.14. The molecule has 142 valence electrons. The third-order valence-electron chi connectivity index (χ3n) is 4.80. The molecule has 2 heterocycles. The summed E-state index contributed by atoms with van der Waals surface area (Å²) < 4.78 is 1.59. The quantitative estimate of drug-likeness (QED) is 0.366. The van der Waals surface area contributed by atoms with Gasteiger partial charge in [-0.3, -0.25) is 9.36 Å². The fraction of sp³-hybridized carbons (Fsp3) is 0.182. The summed E-state index contributed by atoms with van der Waals surface area (Å²) in [6.07, 6.45) is 1.58. The van der Waals surface area contributed by atoms with Crippen molar-refractivity contribution in [2.24, 2.45) is 0 Å². The largest absolute Gasteiger partial charge is 0.294 e. The summed E-state index contributed by atoms with van der Waals surface area (Å²) in [4.78, 5) is 18.4. The summed E-state index contributed by atoms with van der Waals surface area (Å²) in [7, 11) is 0. The SMILES string of the molecule is CC(C)c1ccc(-c2csc3ncn(Cc4ccc(Cl)cc4Cl)c(=O)c23)cc1. The highest BCUT2D eigenvalue weighted by atomic mass is 35.5. The van der Waals surface area contributed by atoms with Crippen molar-refractivity contribution in [3.63, 3.8) is 0 Å².